The van der Waals surface area contributed by atoms with Crippen LogP contribution in [0.5, 0.6) is 5.75 Å². The smallest absolute Gasteiger partial charge is 0.257 e. The number of nitrogens with one attached hydrogen (secondary N) is 3. The predicted octanol–water partition coefficient (Wildman–Crippen LogP) is 2.32. The Morgan fingerprint density at radius 2 is 1.92 bits per heavy atom. The van der Waals surface area contributed by atoms with Crippen molar-refractivity contribution in [2.75, 3.05) is 19.8 Å². The van der Waals surface area contributed by atoms with Gasteiger partial charge in [0.05, 0.1) is 6.61 Å². The number of unbranched alkanes of at least 4 members (excludes halogenated alkanes) is 2. The van der Waals surface area contributed by atoms with E-state index in [-0.39, 0.29) is 11.0 Å². The first-order chi connectivity index (χ1) is 12.6. The molecule has 0 aliphatic rings. The van der Waals surface area contributed by atoms with Crippen LogP contribution in [0.4, 0.5) is 0 Å². The van der Waals surface area contributed by atoms with Crippen molar-refractivity contribution in [1.82, 2.24) is 16.2 Å². The SMILES string of the molecule is CCCCCC(=O)NNC(=S)NC(=O)c1cccc(OCCOCC)c1. The molecule has 0 saturated carbocycles. The Labute approximate surface area is 159 Å². The summed E-state index contributed by atoms with van der Waals surface area (Å²) in [6.45, 7) is 5.50. The van der Waals surface area contributed by atoms with E-state index in [1.807, 2.05) is 6.92 Å². The van der Waals surface area contributed by atoms with Crippen molar-refractivity contribution >= 4 is 29.1 Å². The minimum Gasteiger partial charge on any atom is -0.491 e. The largest absolute Gasteiger partial charge is 0.491 e. The molecule has 0 heterocycles. The molecule has 1 aromatic carbocycles. The number of carbonyl (C=O) groups excluding carboxylic acids is 2. The number of hydrazine groups is 1. The fourth-order valence-corrected chi connectivity index (χ4v) is 2.16. The molecule has 26 heavy (non-hydrogen) atoms. The summed E-state index contributed by atoms with van der Waals surface area (Å²) in [5.41, 5.74) is 5.39. The Hall–Kier alpha value is -2.19. The molecule has 0 fully saturated rings. The third-order valence-corrected chi connectivity index (χ3v) is 3.55. The molecule has 144 valence electrons. The molecule has 0 aliphatic heterocycles. The van der Waals surface area contributed by atoms with Gasteiger partial charge >= 0.3 is 0 Å². The average Bonchev–Trinajstić information content (AvgIpc) is 2.64. The van der Waals surface area contributed by atoms with Crippen molar-refractivity contribution in [3.8, 4) is 5.75 Å². The summed E-state index contributed by atoms with van der Waals surface area (Å²) < 4.78 is 10.7. The minimum atomic E-state index is -0.391. The van der Waals surface area contributed by atoms with E-state index in [4.69, 9.17) is 21.7 Å². The highest BCUT2D eigenvalue weighted by Crippen LogP contribution is 2.13. The average molecular weight is 381 g/mol. The van der Waals surface area contributed by atoms with Gasteiger partial charge < -0.3 is 9.47 Å². The monoisotopic (exact) mass is 381 g/mol. The number of rotatable bonds is 10. The molecule has 1 aromatic rings. The molecule has 0 saturated heterocycles. The van der Waals surface area contributed by atoms with Crippen LogP contribution in [0.1, 0.15) is 49.9 Å². The van der Waals surface area contributed by atoms with Crippen molar-refractivity contribution in [3.63, 3.8) is 0 Å². The molecule has 0 atom stereocenters. The van der Waals surface area contributed by atoms with Crippen molar-refractivity contribution in [2.45, 2.75) is 39.5 Å². The maximum Gasteiger partial charge on any atom is 0.257 e. The van der Waals surface area contributed by atoms with Gasteiger partial charge in [-0.25, -0.2) is 0 Å². The second kappa shape index (κ2) is 13.1. The highest BCUT2D eigenvalue weighted by molar-refractivity contribution is 7.80. The molecule has 0 spiro atoms. The molecule has 0 radical (unpaired) electrons. The number of ether oxygens (including phenoxy) is 2. The van der Waals surface area contributed by atoms with Crippen molar-refractivity contribution in [2.24, 2.45) is 0 Å². The quantitative estimate of drug-likeness (QED) is 0.327. The zero-order valence-corrected chi connectivity index (χ0v) is 16.1. The maximum absolute atomic E-state index is 12.2. The Bertz CT molecular complexity index is 596. The van der Waals surface area contributed by atoms with E-state index in [0.717, 1.165) is 19.3 Å². The number of carbonyl (C=O) groups is 2. The van der Waals surface area contributed by atoms with Crippen LogP contribution in [0.15, 0.2) is 24.3 Å². The Kier molecular flexibility index (Phi) is 11.0. The molecule has 0 aliphatic carbocycles. The Morgan fingerprint density at radius 1 is 1.12 bits per heavy atom. The van der Waals surface area contributed by atoms with Gasteiger partial charge in [0.1, 0.15) is 12.4 Å². The van der Waals surface area contributed by atoms with Gasteiger partial charge in [0, 0.05) is 18.6 Å². The van der Waals surface area contributed by atoms with Gasteiger partial charge in [0.15, 0.2) is 5.11 Å². The molecule has 8 heteroatoms. The fourth-order valence-electron chi connectivity index (χ4n) is 2.02. The molecule has 0 unspecified atom stereocenters. The van der Waals surface area contributed by atoms with Gasteiger partial charge in [-0.15, -0.1) is 0 Å². The standard InChI is InChI=1S/C18H27N3O4S/c1-3-5-6-10-16(22)20-21-18(26)19-17(23)14-8-7-9-15(13-14)25-12-11-24-4-2/h7-9,13H,3-6,10-12H2,1-2H3,(H,20,22)(H2,19,21,23,26). The lowest BCUT2D eigenvalue weighted by atomic mass is 10.2. The zero-order chi connectivity index (χ0) is 19.2. The van der Waals surface area contributed by atoms with Gasteiger partial charge in [-0.2, -0.15) is 0 Å². The molecule has 7 nitrogen and oxygen atoms in total. The van der Waals surface area contributed by atoms with E-state index in [0.29, 0.717) is 37.6 Å². The summed E-state index contributed by atoms with van der Waals surface area (Å²) in [6.07, 6.45) is 3.28. The summed E-state index contributed by atoms with van der Waals surface area (Å²) >= 11 is 5.01. The third-order valence-electron chi connectivity index (χ3n) is 3.35. The molecular formula is C18H27N3O4S. The molecular weight excluding hydrogens is 354 g/mol. The molecule has 0 bridgehead atoms. The summed E-state index contributed by atoms with van der Waals surface area (Å²) in [4.78, 5) is 23.8. The fraction of sp³-hybridized carbons (Fsp3) is 0.500. The van der Waals surface area contributed by atoms with E-state index in [9.17, 15) is 9.59 Å². The van der Waals surface area contributed by atoms with E-state index in [2.05, 4.69) is 23.1 Å². The number of benzene rings is 1. The van der Waals surface area contributed by atoms with Gasteiger partial charge in [0.25, 0.3) is 5.91 Å². The molecule has 2 amide bonds. The van der Waals surface area contributed by atoms with Crippen molar-refractivity contribution in [1.29, 1.82) is 0 Å². The Balaban J connectivity index is 2.39. The maximum atomic E-state index is 12.2. The van der Waals surface area contributed by atoms with E-state index < -0.39 is 5.91 Å². The second-order valence-electron chi connectivity index (χ2n) is 5.49. The second-order valence-corrected chi connectivity index (χ2v) is 5.89. The highest BCUT2D eigenvalue weighted by atomic mass is 32.1. The number of hydrogen-bond acceptors (Lipinski definition) is 5. The van der Waals surface area contributed by atoms with Crippen LogP contribution >= 0.6 is 12.2 Å². The van der Waals surface area contributed by atoms with Crippen molar-refractivity contribution < 1.29 is 19.1 Å². The first-order valence-corrected chi connectivity index (χ1v) is 9.18. The number of hydrogen-bond donors (Lipinski definition) is 3. The van der Waals surface area contributed by atoms with Crippen LogP contribution in [-0.4, -0.2) is 36.7 Å². The topological polar surface area (TPSA) is 88.7 Å². The summed E-state index contributed by atoms with van der Waals surface area (Å²) in [7, 11) is 0. The first-order valence-electron chi connectivity index (χ1n) is 8.77. The Morgan fingerprint density at radius 3 is 2.65 bits per heavy atom. The van der Waals surface area contributed by atoms with Crippen LogP contribution in [0.2, 0.25) is 0 Å². The van der Waals surface area contributed by atoms with Crippen LogP contribution < -0.4 is 20.9 Å². The van der Waals surface area contributed by atoms with Gasteiger partial charge in [-0.3, -0.25) is 25.8 Å². The van der Waals surface area contributed by atoms with Crippen LogP contribution in [-0.2, 0) is 9.53 Å². The van der Waals surface area contributed by atoms with E-state index in [1.54, 1.807) is 24.3 Å². The molecule has 3 N–H and O–H groups in total. The van der Waals surface area contributed by atoms with Gasteiger partial charge in [0.2, 0.25) is 5.91 Å². The lowest BCUT2D eigenvalue weighted by Crippen LogP contribution is -2.48. The zero-order valence-electron chi connectivity index (χ0n) is 15.3. The van der Waals surface area contributed by atoms with Gasteiger partial charge in [-0.1, -0.05) is 25.8 Å². The van der Waals surface area contributed by atoms with E-state index in [1.165, 1.54) is 0 Å². The predicted molar refractivity (Wildman–Crippen MR) is 104 cm³/mol. The molecule has 0 aromatic heterocycles. The third kappa shape index (κ3) is 9.33. The first kappa shape index (κ1) is 21.9. The number of thiocarbonyl (C=S) groups is 1. The van der Waals surface area contributed by atoms with Crippen LogP contribution in [0.3, 0.4) is 0 Å². The summed E-state index contributed by atoms with van der Waals surface area (Å²) in [5.74, 6) is 0.0122. The van der Waals surface area contributed by atoms with Crippen LogP contribution in [0, 0.1) is 0 Å². The summed E-state index contributed by atoms with van der Waals surface area (Å²) in [5, 5.41) is 2.54. The minimum absolute atomic E-state index is 0.0292. The summed E-state index contributed by atoms with van der Waals surface area (Å²) in [6, 6.07) is 6.75. The van der Waals surface area contributed by atoms with Gasteiger partial charge in [-0.05, 0) is 43.8 Å². The van der Waals surface area contributed by atoms with E-state index >= 15 is 0 Å². The molecule has 1 rings (SSSR count). The normalized spacial score (nSPS) is 10.1. The van der Waals surface area contributed by atoms with Crippen LogP contribution in [0.25, 0.3) is 0 Å². The van der Waals surface area contributed by atoms with Crippen molar-refractivity contribution in [3.05, 3.63) is 29.8 Å². The lowest BCUT2D eigenvalue weighted by molar-refractivity contribution is -0.121. The number of amides is 2. The lowest BCUT2D eigenvalue weighted by Gasteiger charge is -2.11. The highest BCUT2D eigenvalue weighted by Gasteiger charge is 2.09.